The van der Waals surface area contributed by atoms with Crippen molar-refractivity contribution in [2.75, 3.05) is 5.32 Å². The molecule has 5 heteroatoms. The molecule has 0 spiro atoms. The van der Waals surface area contributed by atoms with Crippen LogP contribution in [0.25, 0.3) is 0 Å². The molecule has 0 fully saturated rings. The Kier molecular flexibility index (Phi) is 3.81. The van der Waals surface area contributed by atoms with Gasteiger partial charge in [0.25, 0.3) is 5.91 Å². The molecule has 0 aliphatic carbocycles. The highest BCUT2D eigenvalue weighted by Crippen LogP contribution is 2.23. The molecule has 0 saturated heterocycles. The van der Waals surface area contributed by atoms with Crippen LogP contribution in [0, 0.1) is 18.6 Å². The highest BCUT2D eigenvalue weighted by atomic mass is 35.5. The van der Waals surface area contributed by atoms with Gasteiger partial charge in [-0.1, -0.05) is 11.6 Å². The van der Waals surface area contributed by atoms with Crippen molar-refractivity contribution in [3.05, 3.63) is 64.2 Å². The van der Waals surface area contributed by atoms with Gasteiger partial charge in [-0.2, -0.15) is 0 Å². The lowest BCUT2D eigenvalue weighted by molar-refractivity contribution is 0.102. The highest BCUT2D eigenvalue weighted by molar-refractivity contribution is 6.33. The first kappa shape index (κ1) is 13.5. The summed E-state index contributed by atoms with van der Waals surface area (Å²) in [5, 5.41) is 2.66. The van der Waals surface area contributed by atoms with Crippen LogP contribution in [0.15, 0.2) is 36.4 Å². The van der Waals surface area contributed by atoms with E-state index in [0.29, 0.717) is 16.8 Å². The third-order valence-electron chi connectivity index (χ3n) is 2.61. The summed E-state index contributed by atoms with van der Waals surface area (Å²) >= 11 is 5.81. The second-order valence-corrected chi connectivity index (χ2v) is 4.44. The highest BCUT2D eigenvalue weighted by Gasteiger charge is 2.11. The minimum Gasteiger partial charge on any atom is -0.321 e. The number of halogens is 3. The normalized spacial score (nSPS) is 10.3. The second-order valence-electron chi connectivity index (χ2n) is 4.04. The second kappa shape index (κ2) is 5.36. The SMILES string of the molecule is Cc1cc(F)ccc1C(=O)Nc1ccc(F)cc1Cl. The van der Waals surface area contributed by atoms with E-state index in [-0.39, 0.29) is 5.02 Å². The third kappa shape index (κ3) is 3.09. The molecule has 0 bridgehead atoms. The molecule has 2 aromatic rings. The molecule has 19 heavy (non-hydrogen) atoms. The standard InChI is InChI=1S/C14H10ClF2NO/c1-8-6-9(16)2-4-11(8)14(19)18-13-5-3-10(17)7-12(13)15/h2-7H,1H3,(H,18,19). The topological polar surface area (TPSA) is 29.1 Å². The fourth-order valence-corrected chi connectivity index (χ4v) is 1.88. The molecular formula is C14H10ClF2NO. The van der Waals surface area contributed by atoms with Crippen LogP contribution >= 0.6 is 11.6 Å². The smallest absolute Gasteiger partial charge is 0.255 e. The number of nitrogens with one attached hydrogen (secondary N) is 1. The maximum absolute atomic E-state index is 13.0. The Morgan fingerprint density at radius 2 is 1.74 bits per heavy atom. The van der Waals surface area contributed by atoms with Crippen LogP contribution in [0.5, 0.6) is 0 Å². The Labute approximate surface area is 114 Å². The molecule has 2 rings (SSSR count). The van der Waals surface area contributed by atoms with Gasteiger partial charge in [-0.15, -0.1) is 0 Å². The molecule has 2 nitrogen and oxygen atoms in total. The first-order chi connectivity index (χ1) is 8.97. The average molecular weight is 282 g/mol. The van der Waals surface area contributed by atoms with Crippen LogP contribution in [0.4, 0.5) is 14.5 Å². The minimum absolute atomic E-state index is 0.105. The van der Waals surface area contributed by atoms with Crippen molar-refractivity contribution >= 4 is 23.2 Å². The predicted octanol–water partition coefficient (Wildman–Crippen LogP) is 4.18. The van der Waals surface area contributed by atoms with Gasteiger partial charge in [0.1, 0.15) is 11.6 Å². The van der Waals surface area contributed by atoms with E-state index in [2.05, 4.69) is 5.32 Å². The largest absolute Gasteiger partial charge is 0.321 e. The summed E-state index contributed by atoms with van der Waals surface area (Å²) in [4.78, 5) is 12.0. The zero-order valence-corrected chi connectivity index (χ0v) is 10.8. The van der Waals surface area contributed by atoms with Gasteiger partial charge in [0, 0.05) is 5.56 Å². The summed E-state index contributed by atoms with van der Waals surface area (Å²) in [6.45, 7) is 1.63. The summed E-state index contributed by atoms with van der Waals surface area (Å²) in [6, 6.07) is 7.52. The fraction of sp³-hybridized carbons (Fsp3) is 0.0714. The van der Waals surface area contributed by atoms with Crippen LogP contribution in [-0.4, -0.2) is 5.91 Å². The lowest BCUT2D eigenvalue weighted by Gasteiger charge is -2.09. The van der Waals surface area contributed by atoms with E-state index in [0.717, 1.165) is 6.07 Å². The summed E-state index contributed by atoms with van der Waals surface area (Å²) in [6.07, 6.45) is 0. The van der Waals surface area contributed by atoms with E-state index in [4.69, 9.17) is 11.6 Å². The average Bonchev–Trinajstić information content (AvgIpc) is 2.32. The first-order valence-corrected chi connectivity index (χ1v) is 5.88. The molecule has 98 valence electrons. The van der Waals surface area contributed by atoms with E-state index >= 15 is 0 Å². The van der Waals surface area contributed by atoms with Crippen molar-refractivity contribution in [1.29, 1.82) is 0 Å². The molecule has 0 aliphatic rings. The van der Waals surface area contributed by atoms with Crippen LogP contribution in [0.1, 0.15) is 15.9 Å². The number of hydrogen-bond donors (Lipinski definition) is 1. The number of rotatable bonds is 2. The number of aryl methyl sites for hydroxylation is 1. The molecule has 0 aromatic heterocycles. The molecule has 0 unspecified atom stereocenters. The van der Waals surface area contributed by atoms with Gasteiger partial charge < -0.3 is 5.32 Å². The summed E-state index contributed by atoms with van der Waals surface area (Å²) in [5.74, 6) is -1.32. The van der Waals surface area contributed by atoms with Crippen molar-refractivity contribution in [3.8, 4) is 0 Å². The molecule has 2 aromatic carbocycles. The molecule has 0 aliphatic heterocycles. The first-order valence-electron chi connectivity index (χ1n) is 5.50. The van der Waals surface area contributed by atoms with Gasteiger partial charge in [0.15, 0.2) is 0 Å². The number of carbonyl (C=O) groups is 1. The Balaban J connectivity index is 2.25. The molecular weight excluding hydrogens is 272 g/mol. The van der Waals surface area contributed by atoms with E-state index in [1.807, 2.05) is 0 Å². The minimum atomic E-state index is -0.485. The number of carbonyl (C=O) groups excluding carboxylic acids is 1. The Morgan fingerprint density at radius 3 is 2.37 bits per heavy atom. The molecule has 0 atom stereocenters. The van der Waals surface area contributed by atoms with Crippen LogP contribution < -0.4 is 5.32 Å². The lowest BCUT2D eigenvalue weighted by atomic mass is 10.1. The maximum atomic E-state index is 13.0. The van der Waals surface area contributed by atoms with Gasteiger partial charge in [-0.05, 0) is 48.9 Å². The monoisotopic (exact) mass is 281 g/mol. The van der Waals surface area contributed by atoms with Crippen molar-refractivity contribution in [3.63, 3.8) is 0 Å². The van der Waals surface area contributed by atoms with Gasteiger partial charge in [-0.3, -0.25) is 4.79 Å². The maximum Gasteiger partial charge on any atom is 0.255 e. The van der Waals surface area contributed by atoms with Crippen molar-refractivity contribution in [2.24, 2.45) is 0 Å². The summed E-state index contributed by atoms with van der Waals surface area (Å²) < 4.78 is 25.8. The number of amides is 1. The number of anilines is 1. The van der Waals surface area contributed by atoms with Gasteiger partial charge in [-0.25, -0.2) is 8.78 Å². The third-order valence-corrected chi connectivity index (χ3v) is 2.93. The molecule has 0 saturated carbocycles. The van der Waals surface area contributed by atoms with Gasteiger partial charge >= 0.3 is 0 Å². The molecule has 1 N–H and O–H groups in total. The van der Waals surface area contributed by atoms with Gasteiger partial charge in [0.2, 0.25) is 0 Å². The summed E-state index contributed by atoms with van der Waals surface area (Å²) in [5.41, 5.74) is 1.15. The summed E-state index contributed by atoms with van der Waals surface area (Å²) in [7, 11) is 0. The predicted molar refractivity (Wildman–Crippen MR) is 70.5 cm³/mol. The van der Waals surface area contributed by atoms with Crippen LogP contribution in [0.2, 0.25) is 5.02 Å². The van der Waals surface area contributed by atoms with Crippen LogP contribution in [-0.2, 0) is 0 Å². The Morgan fingerprint density at radius 1 is 1.11 bits per heavy atom. The zero-order valence-electron chi connectivity index (χ0n) is 10.0. The Hall–Kier alpha value is -1.94. The van der Waals surface area contributed by atoms with E-state index in [1.54, 1.807) is 6.92 Å². The number of benzene rings is 2. The van der Waals surface area contributed by atoms with Crippen LogP contribution in [0.3, 0.4) is 0 Å². The molecule has 0 heterocycles. The zero-order chi connectivity index (χ0) is 14.0. The molecule has 0 radical (unpaired) electrons. The van der Waals surface area contributed by atoms with Gasteiger partial charge in [0.05, 0.1) is 10.7 Å². The molecule has 1 amide bonds. The van der Waals surface area contributed by atoms with E-state index in [9.17, 15) is 13.6 Å². The van der Waals surface area contributed by atoms with E-state index < -0.39 is 17.5 Å². The van der Waals surface area contributed by atoms with E-state index in [1.165, 1.54) is 30.3 Å². The van der Waals surface area contributed by atoms with Crippen molar-refractivity contribution in [2.45, 2.75) is 6.92 Å². The van der Waals surface area contributed by atoms with Crippen molar-refractivity contribution < 1.29 is 13.6 Å². The lowest BCUT2D eigenvalue weighted by Crippen LogP contribution is -2.13. The quantitative estimate of drug-likeness (QED) is 0.879. The Bertz CT molecular complexity index is 643. The van der Waals surface area contributed by atoms with Crippen molar-refractivity contribution in [1.82, 2.24) is 0 Å². The fourth-order valence-electron chi connectivity index (χ4n) is 1.66. The number of hydrogen-bond acceptors (Lipinski definition) is 1.